The zero-order chi connectivity index (χ0) is 12.1. The highest BCUT2D eigenvalue weighted by molar-refractivity contribution is 6.30. The Morgan fingerprint density at radius 3 is 2.81 bits per heavy atom. The largest absolute Gasteiger partial charge is 0.478 e. The molecule has 86 valence electrons. The van der Waals surface area contributed by atoms with Crippen LogP contribution in [0.3, 0.4) is 0 Å². The zero-order valence-corrected chi connectivity index (χ0v) is 9.32. The summed E-state index contributed by atoms with van der Waals surface area (Å²) in [6, 6.07) is 1.26. The van der Waals surface area contributed by atoms with Crippen LogP contribution in [0.5, 0.6) is 0 Å². The third-order valence-electron chi connectivity index (χ3n) is 1.78. The molecule has 1 rings (SSSR count). The molecule has 0 fully saturated rings. The zero-order valence-electron chi connectivity index (χ0n) is 8.57. The molecule has 0 aromatic carbocycles. The van der Waals surface area contributed by atoms with Gasteiger partial charge in [0.1, 0.15) is 0 Å². The Balaban J connectivity index is 2.95. The molecule has 0 aliphatic heterocycles. The summed E-state index contributed by atoms with van der Waals surface area (Å²) < 4.78 is 4.71. The minimum absolute atomic E-state index is 0.0828. The monoisotopic (exact) mass is 243 g/mol. The lowest BCUT2D eigenvalue weighted by molar-refractivity contribution is -0.142. The SMILES string of the molecule is CCOC(=O)Cc1ncc(Cl)cc1C(=O)O. The first kappa shape index (κ1) is 12.4. The Morgan fingerprint density at radius 2 is 2.25 bits per heavy atom. The van der Waals surface area contributed by atoms with Gasteiger partial charge in [0.05, 0.1) is 29.3 Å². The molecule has 0 saturated heterocycles. The quantitative estimate of drug-likeness (QED) is 0.812. The van der Waals surface area contributed by atoms with Gasteiger partial charge in [0.2, 0.25) is 0 Å². The number of hydrogen-bond donors (Lipinski definition) is 1. The maximum Gasteiger partial charge on any atom is 0.337 e. The average Bonchev–Trinajstić information content (AvgIpc) is 2.20. The van der Waals surface area contributed by atoms with Crippen molar-refractivity contribution < 1.29 is 19.4 Å². The van der Waals surface area contributed by atoms with Crippen molar-refractivity contribution in [1.82, 2.24) is 4.98 Å². The van der Waals surface area contributed by atoms with Gasteiger partial charge in [0, 0.05) is 6.20 Å². The van der Waals surface area contributed by atoms with Gasteiger partial charge >= 0.3 is 11.9 Å². The van der Waals surface area contributed by atoms with Crippen LogP contribution in [0, 0.1) is 0 Å². The standard InChI is InChI=1S/C10H10ClNO4/c1-2-16-9(13)4-8-7(10(14)15)3-6(11)5-12-8/h3,5H,2,4H2,1H3,(H,14,15). The first-order valence-corrected chi connectivity index (χ1v) is 4.95. The predicted molar refractivity (Wildman–Crippen MR) is 56.5 cm³/mol. The van der Waals surface area contributed by atoms with Crippen molar-refractivity contribution in [3.63, 3.8) is 0 Å². The molecule has 0 atom stereocenters. The molecule has 1 aromatic heterocycles. The number of esters is 1. The van der Waals surface area contributed by atoms with Gasteiger partial charge in [0.25, 0.3) is 0 Å². The van der Waals surface area contributed by atoms with Crippen molar-refractivity contribution in [1.29, 1.82) is 0 Å². The van der Waals surface area contributed by atoms with Gasteiger partial charge in [-0.15, -0.1) is 0 Å². The van der Waals surface area contributed by atoms with E-state index in [1.54, 1.807) is 6.92 Å². The van der Waals surface area contributed by atoms with Crippen LogP contribution in [0.1, 0.15) is 23.0 Å². The summed E-state index contributed by atoms with van der Waals surface area (Å²) in [4.78, 5) is 25.9. The third kappa shape index (κ3) is 3.20. The fraction of sp³-hybridized carbons (Fsp3) is 0.300. The van der Waals surface area contributed by atoms with E-state index in [-0.39, 0.29) is 29.3 Å². The van der Waals surface area contributed by atoms with E-state index in [2.05, 4.69) is 4.98 Å². The van der Waals surface area contributed by atoms with E-state index < -0.39 is 11.9 Å². The molecule has 1 heterocycles. The summed E-state index contributed by atoms with van der Waals surface area (Å²) in [5, 5.41) is 9.10. The van der Waals surface area contributed by atoms with E-state index in [0.717, 1.165) is 0 Å². The maximum atomic E-state index is 11.2. The topological polar surface area (TPSA) is 76.5 Å². The number of carboxylic acid groups (broad SMARTS) is 1. The Bertz CT molecular complexity index is 419. The van der Waals surface area contributed by atoms with Crippen molar-refractivity contribution in [2.75, 3.05) is 6.61 Å². The summed E-state index contributed by atoms with van der Waals surface area (Å²) in [7, 11) is 0. The predicted octanol–water partition coefficient (Wildman–Crippen LogP) is 1.54. The number of nitrogens with zero attached hydrogens (tertiary/aromatic N) is 1. The van der Waals surface area contributed by atoms with Crippen molar-refractivity contribution >= 4 is 23.5 Å². The van der Waals surface area contributed by atoms with Crippen LogP contribution in [0.2, 0.25) is 5.02 Å². The van der Waals surface area contributed by atoms with Crippen LogP contribution >= 0.6 is 11.6 Å². The lowest BCUT2D eigenvalue weighted by Gasteiger charge is -2.05. The van der Waals surface area contributed by atoms with E-state index in [1.165, 1.54) is 12.3 Å². The second kappa shape index (κ2) is 5.46. The summed E-state index contributed by atoms with van der Waals surface area (Å²) in [5.74, 6) is -1.69. The number of carbonyl (C=O) groups is 2. The normalized spacial score (nSPS) is 9.88. The molecule has 0 radical (unpaired) electrons. The Kier molecular flexibility index (Phi) is 4.25. The second-order valence-corrected chi connectivity index (χ2v) is 3.37. The molecule has 5 nitrogen and oxygen atoms in total. The third-order valence-corrected chi connectivity index (χ3v) is 1.99. The van der Waals surface area contributed by atoms with E-state index in [1.807, 2.05) is 0 Å². The Hall–Kier alpha value is -1.62. The molecule has 6 heteroatoms. The molecule has 0 saturated carbocycles. The van der Waals surface area contributed by atoms with E-state index in [4.69, 9.17) is 21.4 Å². The molecule has 1 aromatic rings. The molecule has 0 aliphatic carbocycles. The fourth-order valence-electron chi connectivity index (χ4n) is 1.14. The van der Waals surface area contributed by atoms with Crippen molar-refractivity contribution in [3.05, 3.63) is 28.5 Å². The number of rotatable bonds is 4. The highest BCUT2D eigenvalue weighted by atomic mass is 35.5. The summed E-state index contributed by atoms with van der Waals surface area (Å²) in [6.07, 6.45) is 1.12. The number of aromatic carboxylic acids is 1. The van der Waals surface area contributed by atoms with Gasteiger partial charge in [-0.3, -0.25) is 9.78 Å². The maximum absolute atomic E-state index is 11.2. The number of carboxylic acids is 1. The molecule has 0 aliphatic rings. The van der Waals surface area contributed by atoms with Gasteiger partial charge in [-0.1, -0.05) is 11.6 Å². The average molecular weight is 244 g/mol. The van der Waals surface area contributed by atoms with Crippen LogP contribution < -0.4 is 0 Å². The van der Waals surface area contributed by atoms with Crippen LogP contribution in [0.4, 0.5) is 0 Å². The minimum atomic E-state index is -1.17. The smallest absolute Gasteiger partial charge is 0.337 e. The van der Waals surface area contributed by atoms with Crippen LogP contribution in [0.15, 0.2) is 12.3 Å². The number of carbonyl (C=O) groups excluding carboxylic acids is 1. The van der Waals surface area contributed by atoms with E-state index in [0.29, 0.717) is 0 Å². The lowest BCUT2D eigenvalue weighted by atomic mass is 10.1. The molecular formula is C10H10ClNO4. The number of aromatic nitrogens is 1. The molecule has 1 N–H and O–H groups in total. The van der Waals surface area contributed by atoms with Gasteiger partial charge in [-0.05, 0) is 13.0 Å². The van der Waals surface area contributed by atoms with E-state index in [9.17, 15) is 9.59 Å². The second-order valence-electron chi connectivity index (χ2n) is 2.93. The van der Waals surface area contributed by atoms with Gasteiger partial charge < -0.3 is 9.84 Å². The van der Waals surface area contributed by atoms with Crippen molar-refractivity contribution in [2.24, 2.45) is 0 Å². The molecule has 0 unspecified atom stereocenters. The number of pyridine rings is 1. The molecular weight excluding hydrogens is 234 g/mol. The first-order chi connectivity index (χ1) is 7.54. The highest BCUT2D eigenvalue weighted by Gasteiger charge is 2.15. The van der Waals surface area contributed by atoms with Gasteiger partial charge in [-0.25, -0.2) is 4.79 Å². The summed E-state index contributed by atoms with van der Waals surface area (Å²) in [5.41, 5.74) is 0.0657. The summed E-state index contributed by atoms with van der Waals surface area (Å²) >= 11 is 5.62. The molecule has 0 amide bonds. The fourth-order valence-corrected chi connectivity index (χ4v) is 1.30. The minimum Gasteiger partial charge on any atom is -0.478 e. The van der Waals surface area contributed by atoms with Crippen molar-refractivity contribution in [2.45, 2.75) is 13.3 Å². The van der Waals surface area contributed by atoms with Gasteiger partial charge in [0.15, 0.2) is 0 Å². The molecule has 16 heavy (non-hydrogen) atoms. The molecule has 0 bridgehead atoms. The number of halogens is 1. The summed E-state index contributed by atoms with van der Waals surface area (Å²) in [6.45, 7) is 1.92. The highest BCUT2D eigenvalue weighted by Crippen LogP contribution is 2.14. The van der Waals surface area contributed by atoms with Gasteiger partial charge in [-0.2, -0.15) is 0 Å². The van der Waals surface area contributed by atoms with Crippen molar-refractivity contribution in [3.8, 4) is 0 Å². The Labute approximate surface area is 97.0 Å². The van der Waals surface area contributed by atoms with Crippen LogP contribution in [0.25, 0.3) is 0 Å². The van der Waals surface area contributed by atoms with Crippen LogP contribution in [-0.4, -0.2) is 28.6 Å². The number of ether oxygens (including phenoxy) is 1. The number of hydrogen-bond acceptors (Lipinski definition) is 4. The Morgan fingerprint density at radius 1 is 1.56 bits per heavy atom. The molecule has 0 spiro atoms. The van der Waals surface area contributed by atoms with E-state index >= 15 is 0 Å². The lowest BCUT2D eigenvalue weighted by Crippen LogP contribution is -2.13. The first-order valence-electron chi connectivity index (χ1n) is 4.58. The van der Waals surface area contributed by atoms with Crippen LogP contribution in [-0.2, 0) is 16.0 Å².